The van der Waals surface area contributed by atoms with Gasteiger partial charge in [0.2, 0.25) is 0 Å². The average molecular weight is 187 g/mol. The number of nitrogens with one attached hydrogen (secondary N) is 1. The van der Waals surface area contributed by atoms with E-state index in [9.17, 15) is 9.59 Å². The molecule has 0 fully saturated rings. The Morgan fingerprint density at radius 3 is 2.23 bits per heavy atom. The van der Waals surface area contributed by atoms with Gasteiger partial charge >= 0.3 is 11.8 Å². The Hall–Kier alpha value is -1.10. The lowest BCUT2D eigenvalue weighted by Crippen LogP contribution is -2.36. The Bertz CT molecular complexity index is 171. The molecule has 0 aliphatic carbocycles. The summed E-state index contributed by atoms with van der Waals surface area (Å²) in [5, 5.41) is 2.41. The standard InChI is InChI=1S/C8H17N3O2/c9-5-3-1-2-4-6-11-8(13)7(10)12/h1-6,9H2,(H2,10,12)(H,11,13). The molecule has 0 heterocycles. The van der Waals surface area contributed by atoms with Gasteiger partial charge in [0.05, 0.1) is 0 Å². The quantitative estimate of drug-likeness (QED) is 0.371. The molecule has 2 amide bonds. The first-order valence-corrected chi connectivity index (χ1v) is 4.46. The summed E-state index contributed by atoms with van der Waals surface area (Å²) in [4.78, 5) is 20.9. The van der Waals surface area contributed by atoms with Gasteiger partial charge in [-0.2, -0.15) is 0 Å². The summed E-state index contributed by atoms with van der Waals surface area (Å²) in [6.07, 6.45) is 3.93. The van der Waals surface area contributed by atoms with Crippen molar-refractivity contribution in [2.75, 3.05) is 13.1 Å². The zero-order valence-corrected chi connectivity index (χ0v) is 7.71. The third kappa shape index (κ3) is 7.27. The van der Waals surface area contributed by atoms with E-state index >= 15 is 0 Å². The highest BCUT2D eigenvalue weighted by Crippen LogP contribution is 1.96. The van der Waals surface area contributed by atoms with Crippen molar-refractivity contribution in [3.05, 3.63) is 0 Å². The third-order valence-electron chi connectivity index (χ3n) is 1.64. The van der Waals surface area contributed by atoms with Gasteiger partial charge in [-0.15, -0.1) is 0 Å². The molecule has 0 aliphatic heterocycles. The zero-order valence-electron chi connectivity index (χ0n) is 7.71. The molecule has 5 nitrogen and oxygen atoms in total. The van der Waals surface area contributed by atoms with Gasteiger partial charge in [-0.05, 0) is 19.4 Å². The maximum atomic E-state index is 10.6. The van der Waals surface area contributed by atoms with Crippen molar-refractivity contribution in [1.82, 2.24) is 5.32 Å². The smallest absolute Gasteiger partial charge is 0.309 e. The molecule has 0 atom stereocenters. The van der Waals surface area contributed by atoms with Crippen LogP contribution in [0.4, 0.5) is 0 Å². The molecule has 0 rings (SSSR count). The van der Waals surface area contributed by atoms with Crippen molar-refractivity contribution in [1.29, 1.82) is 0 Å². The number of nitrogens with two attached hydrogens (primary N) is 2. The molecule has 0 saturated carbocycles. The first-order valence-electron chi connectivity index (χ1n) is 4.46. The Morgan fingerprint density at radius 2 is 1.69 bits per heavy atom. The second-order valence-electron chi connectivity index (χ2n) is 2.82. The van der Waals surface area contributed by atoms with E-state index in [0.717, 1.165) is 25.7 Å². The predicted octanol–water partition coefficient (Wildman–Crippen LogP) is -0.893. The summed E-state index contributed by atoms with van der Waals surface area (Å²) < 4.78 is 0. The minimum atomic E-state index is -0.929. The van der Waals surface area contributed by atoms with Gasteiger partial charge in [-0.25, -0.2) is 0 Å². The highest BCUT2D eigenvalue weighted by molar-refractivity contribution is 6.34. The van der Waals surface area contributed by atoms with E-state index in [1.807, 2.05) is 0 Å². The van der Waals surface area contributed by atoms with Crippen LogP contribution in [0.25, 0.3) is 0 Å². The van der Waals surface area contributed by atoms with E-state index in [0.29, 0.717) is 13.1 Å². The van der Waals surface area contributed by atoms with E-state index in [1.165, 1.54) is 0 Å². The molecule has 5 heteroatoms. The molecule has 0 bridgehead atoms. The Balaban J connectivity index is 3.16. The number of rotatable bonds is 6. The van der Waals surface area contributed by atoms with Gasteiger partial charge in [0.1, 0.15) is 0 Å². The summed E-state index contributed by atoms with van der Waals surface area (Å²) in [6.45, 7) is 1.21. The molecule has 0 aromatic heterocycles. The van der Waals surface area contributed by atoms with Gasteiger partial charge in [-0.3, -0.25) is 9.59 Å². The Morgan fingerprint density at radius 1 is 1.08 bits per heavy atom. The van der Waals surface area contributed by atoms with Gasteiger partial charge in [-0.1, -0.05) is 12.8 Å². The number of unbranched alkanes of at least 4 members (excludes halogenated alkanes) is 3. The first kappa shape index (κ1) is 11.9. The summed E-state index contributed by atoms with van der Waals surface area (Å²) in [7, 11) is 0. The van der Waals surface area contributed by atoms with Crippen molar-refractivity contribution in [3.8, 4) is 0 Å². The molecule has 0 unspecified atom stereocenters. The lowest BCUT2D eigenvalue weighted by atomic mass is 10.2. The lowest BCUT2D eigenvalue weighted by Gasteiger charge is -2.01. The van der Waals surface area contributed by atoms with Crippen LogP contribution in [-0.2, 0) is 9.59 Å². The van der Waals surface area contributed by atoms with Crippen LogP contribution in [0.3, 0.4) is 0 Å². The van der Waals surface area contributed by atoms with Crippen molar-refractivity contribution in [3.63, 3.8) is 0 Å². The van der Waals surface area contributed by atoms with Crippen LogP contribution in [0.15, 0.2) is 0 Å². The SMILES string of the molecule is NCCCCCCNC(=O)C(N)=O. The van der Waals surface area contributed by atoms with E-state index in [2.05, 4.69) is 5.32 Å². The van der Waals surface area contributed by atoms with Crippen LogP contribution in [0.2, 0.25) is 0 Å². The first-order chi connectivity index (χ1) is 6.18. The van der Waals surface area contributed by atoms with Gasteiger partial charge in [0.25, 0.3) is 0 Å². The fraction of sp³-hybridized carbons (Fsp3) is 0.750. The molecular weight excluding hydrogens is 170 g/mol. The Kier molecular flexibility index (Phi) is 6.91. The van der Waals surface area contributed by atoms with Crippen molar-refractivity contribution in [2.24, 2.45) is 11.5 Å². The number of carbonyl (C=O) groups excluding carboxylic acids is 2. The molecule has 13 heavy (non-hydrogen) atoms. The van der Waals surface area contributed by atoms with Crippen molar-refractivity contribution in [2.45, 2.75) is 25.7 Å². The van der Waals surface area contributed by atoms with E-state index in [1.54, 1.807) is 0 Å². The van der Waals surface area contributed by atoms with Gasteiger partial charge < -0.3 is 16.8 Å². The summed E-state index contributed by atoms with van der Waals surface area (Å²) in [5.41, 5.74) is 10.0. The zero-order chi connectivity index (χ0) is 10.1. The lowest BCUT2D eigenvalue weighted by molar-refractivity contribution is -0.137. The second kappa shape index (κ2) is 7.54. The third-order valence-corrected chi connectivity index (χ3v) is 1.64. The number of carbonyl (C=O) groups is 2. The van der Waals surface area contributed by atoms with Crippen LogP contribution in [0.1, 0.15) is 25.7 Å². The second-order valence-corrected chi connectivity index (χ2v) is 2.82. The molecule has 0 radical (unpaired) electrons. The molecule has 0 spiro atoms. The highest BCUT2D eigenvalue weighted by atomic mass is 16.2. The fourth-order valence-corrected chi connectivity index (χ4v) is 0.912. The summed E-state index contributed by atoms with van der Waals surface area (Å²) in [5.74, 6) is -1.64. The average Bonchev–Trinajstić information content (AvgIpc) is 2.10. The van der Waals surface area contributed by atoms with Crippen LogP contribution in [0.5, 0.6) is 0 Å². The number of primary amides is 1. The molecule has 0 aromatic rings. The number of amides is 2. The van der Waals surface area contributed by atoms with Crippen molar-refractivity contribution >= 4 is 11.8 Å². The van der Waals surface area contributed by atoms with Gasteiger partial charge in [0.15, 0.2) is 0 Å². The van der Waals surface area contributed by atoms with Crippen LogP contribution in [0, 0.1) is 0 Å². The molecule has 0 aliphatic rings. The highest BCUT2D eigenvalue weighted by Gasteiger charge is 2.05. The molecular formula is C8H17N3O2. The van der Waals surface area contributed by atoms with Crippen LogP contribution >= 0.6 is 0 Å². The monoisotopic (exact) mass is 187 g/mol. The summed E-state index contributed by atoms with van der Waals surface area (Å²) in [6, 6.07) is 0. The maximum absolute atomic E-state index is 10.6. The molecule has 0 aromatic carbocycles. The largest absolute Gasteiger partial charge is 0.361 e. The molecule has 5 N–H and O–H groups in total. The minimum Gasteiger partial charge on any atom is -0.361 e. The maximum Gasteiger partial charge on any atom is 0.309 e. The van der Waals surface area contributed by atoms with Crippen molar-refractivity contribution < 1.29 is 9.59 Å². The van der Waals surface area contributed by atoms with E-state index in [4.69, 9.17) is 11.5 Å². The normalized spacial score (nSPS) is 9.62. The minimum absolute atomic E-state index is 0.506. The predicted molar refractivity (Wildman–Crippen MR) is 49.7 cm³/mol. The number of hydrogen-bond acceptors (Lipinski definition) is 3. The topological polar surface area (TPSA) is 98.2 Å². The fourth-order valence-electron chi connectivity index (χ4n) is 0.912. The molecule has 0 saturated heterocycles. The van der Waals surface area contributed by atoms with Gasteiger partial charge in [0, 0.05) is 6.54 Å². The van der Waals surface area contributed by atoms with Crippen LogP contribution in [-0.4, -0.2) is 24.9 Å². The van der Waals surface area contributed by atoms with Crippen LogP contribution < -0.4 is 16.8 Å². The van der Waals surface area contributed by atoms with E-state index < -0.39 is 11.8 Å². The Labute approximate surface area is 77.8 Å². The number of hydrogen-bond donors (Lipinski definition) is 3. The summed E-state index contributed by atoms with van der Waals surface area (Å²) >= 11 is 0. The van der Waals surface area contributed by atoms with E-state index in [-0.39, 0.29) is 0 Å². The molecule has 76 valence electrons.